The molecule has 0 rings (SSSR count). The van der Waals surface area contributed by atoms with Crippen molar-refractivity contribution in [2.24, 2.45) is 0 Å². The number of carbonyl (C=O) groups excluding carboxylic acids is 1. The normalized spacial score (nSPS) is 12.8. The Balaban J connectivity index is 3.64. The molecule has 0 aromatic heterocycles. The van der Waals surface area contributed by atoms with Gasteiger partial charge in [-0.25, -0.2) is 0 Å². The topological polar surface area (TPSA) is 54.0 Å². The molecule has 0 atom stereocenters. The van der Waals surface area contributed by atoms with Crippen LogP contribution in [0.2, 0.25) is 10.1 Å². The molecule has 0 unspecified atom stereocenters. The first-order valence-electron chi connectivity index (χ1n) is 12.8. The van der Waals surface area contributed by atoms with E-state index in [1.807, 2.05) is 0 Å². The van der Waals surface area contributed by atoms with E-state index in [-0.39, 0.29) is 10.1 Å². The molecule has 0 spiro atoms. The smallest absolute Gasteiger partial charge is 0.326 e. The van der Waals surface area contributed by atoms with Gasteiger partial charge < -0.3 is 17.7 Å². The lowest BCUT2D eigenvalue weighted by Gasteiger charge is -2.29. The summed E-state index contributed by atoms with van der Waals surface area (Å²) < 4.78 is 22.2. The van der Waals surface area contributed by atoms with Gasteiger partial charge in [-0.2, -0.15) is 0 Å². The van der Waals surface area contributed by atoms with Crippen molar-refractivity contribution >= 4 is 24.4 Å². The predicted molar refractivity (Wildman–Crippen MR) is 140 cm³/mol. The Morgan fingerprint density at radius 2 is 0.812 bits per heavy atom. The van der Waals surface area contributed by atoms with Crippen molar-refractivity contribution in [3.05, 3.63) is 0 Å². The van der Waals surface area contributed by atoms with Gasteiger partial charge in [-0.15, -0.1) is 0 Å². The number of ketones is 1. The molecule has 0 aliphatic heterocycles. The molecule has 0 aromatic rings. The van der Waals surface area contributed by atoms with Gasteiger partial charge >= 0.3 is 18.6 Å². The first kappa shape index (κ1) is 31.9. The maximum Gasteiger partial charge on any atom is 0.326 e. The van der Waals surface area contributed by atoms with Crippen molar-refractivity contribution < 1.29 is 22.5 Å². The third kappa shape index (κ3) is 14.3. The van der Waals surface area contributed by atoms with Crippen LogP contribution in [0, 0.1) is 0 Å². The summed E-state index contributed by atoms with van der Waals surface area (Å²) in [6.07, 6.45) is 15.6. The largest absolute Gasteiger partial charge is 0.400 e. The van der Waals surface area contributed by atoms with Crippen LogP contribution >= 0.6 is 0 Å². The predicted octanol–water partition coefficient (Wildman–Crippen LogP) is 6.60. The molecule has 0 amide bonds. The van der Waals surface area contributed by atoms with Crippen molar-refractivity contribution in [2.45, 2.75) is 128 Å². The van der Waals surface area contributed by atoms with Crippen molar-refractivity contribution in [1.29, 1.82) is 0 Å². The van der Waals surface area contributed by atoms with Gasteiger partial charge in [0.15, 0.2) is 0 Å². The Hall–Kier alpha value is -0.0562. The third-order valence-corrected chi connectivity index (χ3v) is 11.5. The van der Waals surface area contributed by atoms with Crippen LogP contribution < -0.4 is 0 Å². The molecule has 0 N–H and O–H groups in total. The Morgan fingerprint density at radius 1 is 0.531 bits per heavy atom. The van der Waals surface area contributed by atoms with Gasteiger partial charge in [0.1, 0.15) is 5.78 Å². The average molecular weight is 491 g/mol. The number of unbranched alkanes of at least 4 members (excludes halogenated alkanes) is 8. The molecule has 0 aliphatic rings. The molecule has 0 fully saturated rings. The van der Waals surface area contributed by atoms with Crippen molar-refractivity contribution in [1.82, 2.24) is 0 Å². The average Bonchev–Trinajstić information content (AvgIpc) is 2.73. The van der Waals surface area contributed by atoms with Gasteiger partial charge in [0.2, 0.25) is 0 Å². The molecular formula is C25H54O5Si2. The van der Waals surface area contributed by atoms with Gasteiger partial charge in [-0.05, 0) is 25.7 Å². The summed E-state index contributed by atoms with van der Waals surface area (Å²) in [5.41, 5.74) is 0. The van der Waals surface area contributed by atoms with Crippen LogP contribution in [0.25, 0.3) is 0 Å². The quantitative estimate of drug-likeness (QED) is 0.126. The van der Waals surface area contributed by atoms with Crippen LogP contribution in [0.1, 0.15) is 118 Å². The van der Waals surface area contributed by atoms with Gasteiger partial charge in [-0.1, -0.05) is 79.1 Å². The highest BCUT2D eigenvalue weighted by molar-refractivity contribution is 6.48. The van der Waals surface area contributed by atoms with Crippen LogP contribution in [0.3, 0.4) is 0 Å². The van der Waals surface area contributed by atoms with E-state index in [1.165, 1.54) is 51.4 Å². The SMILES string of the molecule is CO[SiH](OC)C(C)(C)CCCCCCCC(=O)CCCCCCCC(C)(C)[SiH](OC)OC. The molecule has 0 saturated heterocycles. The number of hydrogen-bond acceptors (Lipinski definition) is 5. The first-order valence-corrected chi connectivity index (χ1v) is 15.8. The van der Waals surface area contributed by atoms with E-state index in [4.69, 9.17) is 17.7 Å². The van der Waals surface area contributed by atoms with E-state index in [9.17, 15) is 4.79 Å². The summed E-state index contributed by atoms with van der Waals surface area (Å²) in [6, 6.07) is 0. The molecular weight excluding hydrogens is 436 g/mol. The van der Waals surface area contributed by atoms with E-state index >= 15 is 0 Å². The highest BCUT2D eigenvalue weighted by Crippen LogP contribution is 2.36. The van der Waals surface area contributed by atoms with Gasteiger partial charge in [-0.3, -0.25) is 4.79 Å². The summed E-state index contributed by atoms with van der Waals surface area (Å²) in [5, 5.41) is 0.349. The second-order valence-electron chi connectivity index (χ2n) is 10.7. The van der Waals surface area contributed by atoms with E-state index < -0.39 is 18.6 Å². The summed E-state index contributed by atoms with van der Waals surface area (Å²) in [7, 11) is 3.93. The zero-order valence-corrected chi connectivity index (χ0v) is 24.9. The van der Waals surface area contributed by atoms with Gasteiger partial charge in [0.05, 0.1) is 0 Å². The van der Waals surface area contributed by atoms with Crippen LogP contribution in [-0.2, 0) is 22.5 Å². The standard InChI is InChI=1S/C25H54O5Si2/c1-24(2,31(27-5)28-6)21-17-13-9-11-15-19-23(26)20-16-12-10-14-18-22-25(3,4)32(29-7)30-8/h31-32H,9-22H2,1-8H3. The minimum atomic E-state index is -1.57. The Labute approximate surface area is 203 Å². The second-order valence-corrected chi connectivity index (χ2v) is 17.0. The molecule has 5 nitrogen and oxygen atoms in total. The molecule has 7 heteroatoms. The molecule has 0 heterocycles. The Bertz CT molecular complexity index is 423. The highest BCUT2D eigenvalue weighted by Gasteiger charge is 2.33. The lowest BCUT2D eigenvalue weighted by atomic mass is 10.0. The van der Waals surface area contributed by atoms with Crippen molar-refractivity contribution in [2.75, 3.05) is 28.4 Å². The summed E-state index contributed by atoms with van der Waals surface area (Å²) >= 11 is 0. The Kier molecular flexibility index (Phi) is 18.3. The molecule has 0 bridgehead atoms. The maximum atomic E-state index is 12.1. The van der Waals surface area contributed by atoms with Crippen molar-refractivity contribution in [3.63, 3.8) is 0 Å². The fourth-order valence-corrected chi connectivity index (χ4v) is 8.51. The Morgan fingerprint density at radius 3 is 1.12 bits per heavy atom. The van der Waals surface area contributed by atoms with Crippen LogP contribution in [0.4, 0.5) is 0 Å². The zero-order chi connectivity index (χ0) is 24.5. The van der Waals surface area contributed by atoms with Gasteiger partial charge in [0.25, 0.3) is 0 Å². The van der Waals surface area contributed by atoms with E-state index in [0.717, 1.165) is 38.5 Å². The molecule has 32 heavy (non-hydrogen) atoms. The molecule has 0 aliphatic carbocycles. The molecule has 0 aromatic carbocycles. The fraction of sp³-hybridized carbons (Fsp3) is 0.960. The number of rotatable bonds is 22. The number of hydrogen-bond donors (Lipinski definition) is 0. The zero-order valence-electron chi connectivity index (χ0n) is 22.6. The van der Waals surface area contributed by atoms with E-state index in [2.05, 4.69) is 27.7 Å². The molecule has 0 saturated carbocycles. The molecule has 192 valence electrons. The van der Waals surface area contributed by atoms with E-state index in [1.54, 1.807) is 28.4 Å². The maximum absolute atomic E-state index is 12.1. The monoisotopic (exact) mass is 490 g/mol. The summed E-state index contributed by atoms with van der Waals surface area (Å²) in [5.74, 6) is 0.454. The fourth-order valence-electron chi connectivity index (χ4n) is 4.70. The third-order valence-electron chi connectivity index (χ3n) is 6.69. The lowest BCUT2D eigenvalue weighted by Crippen LogP contribution is -2.32. The second kappa shape index (κ2) is 18.3. The van der Waals surface area contributed by atoms with Crippen molar-refractivity contribution in [3.8, 4) is 0 Å². The number of Topliss-reactive ketones (excluding diaryl/α,β-unsaturated/α-hetero) is 1. The highest BCUT2D eigenvalue weighted by atomic mass is 28.3. The van der Waals surface area contributed by atoms with E-state index in [0.29, 0.717) is 5.78 Å². The van der Waals surface area contributed by atoms with Crippen LogP contribution in [0.15, 0.2) is 0 Å². The van der Waals surface area contributed by atoms with Crippen LogP contribution in [-0.4, -0.2) is 52.8 Å². The first-order chi connectivity index (χ1) is 15.1. The number of carbonyl (C=O) groups is 1. The lowest BCUT2D eigenvalue weighted by molar-refractivity contribution is -0.119. The summed E-state index contributed by atoms with van der Waals surface area (Å²) in [6.45, 7) is 9.04. The summed E-state index contributed by atoms with van der Waals surface area (Å²) in [4.78, 5) is 12.1. The van der Waals surface area contributed by atoms with Gasteiger partial charge in [0, 0.05) is 51.4 Å². The molecule has 0 radical (unpaired) electrons. The minimum Gasteiger partial charge on any atom is -0.400 e. The van der Waals surface area contributed by atoms with Crippen LogP contribution in [0.5, 0.6) is 0 Å². The minimum absolute atomic E-state index is 0.174.